The van der Waals surface area contributed by atoms with E-state index in [0.29, 0.717) is 28.6 Å². The molecule has 0 spiro atoms. The minimum atomic E-state index is 0.410. The molecular weight excluding hydrogens is 356 g/mol. The predicted octanol–water partition coefficient (Wildman–Crippen LogP) is 3.73. The van der Waals surface area contributed by atoms with Crippen LogP contribution < -0.4 is 9.47 Å². The second kappa shape index (κ2) is 7.02. The Balaban J connectivity index is 2.54. The minimum absolute atomic E-state index is 0.410. The van der Waals surface area contributed by atoms with Gasteiger partial charge in [0.15, 0.2) is 11.5 Å². The molecule has 112 valence electrons. The Labute approximate surface area is 136 Å². The lowest BCUT2D eigenvalue weighted by molar-refractivity contribution is 0.181. The van der Waals surface area contributed by atoms with Gasteiger partial charge in [-0.05, 0) is 34.1 Å². The zero-order valence-electron chi connectivity index (χ0n) is 11.9. The second-order valence-electron chi connectivity index (χ2n) is 4.19. The molecule has 5 nitrogen and oxygen atoms in total. The van der Waals surface area contributed by atoms with Crippen molar-refractivity contribution in [1.82, 2.24) is 9.97 Å². The van der Waals surface area contributed by atoms with Gasteiger partial charge in [0.05, 0.1) is 31.0 Å². The first-order valence-electron chi connectivity index (χ1n) is 6.10. The summed E-state index contributed by atoms with van der Waals surface area (Å²) >= 11 is 8.68. The van der Waals surface area contributed by atoms with Gasteiger partial charge < -0.3 is 19.2 Å². The number of benzene rings is 1. The molecule has 0 unspecified atom stereocenters. The van der Waals surface area contributed by atoms with E-state index < -0.39 is 0 Å². The number of hydrogen-bond acceptors (Lipinski definition) is 5. The maximum atomic E-state index is 5.30. The molecule has 21 heavy (non-hydrogen) atoms. The molecule has 0 amide bonds. The van der Waals surface area contributed by atoms with Crippen molar-refractivity contribution in [1.29, 1.82) is 0 Å². The Hall–Kier alpha value is -1.44. The lowest BCUT2D eigenvalue weighted by atomic mass is 10.2. The lowest BCUT2D eigenvalue weighted by Crippen LogP contribution is -2.00. The molecule has 0 radical (unpaired) electrons. The third-order valence-electron chi connectivity index (χ3n) is 2.88. The van der Waals surface area contributed by atoms with Crippen LogP contribution in [-0.4, -0.2) is 31.3 Å². The van der Waals surface area contributed by atoms with Crippen molar-refractivity contribution in [2.45, 2.75) is 6.61 Å². The lowest BCUT2D eigenvalue weighted by Gasteiger charge is -2.11. The topological polar surface area (TPSA) is 56.4 Å². The molecule has 0 aliphatic carbocycles. The zero-order chi connectivity index (χ0) is 15.4. The molecule has 0 atom stereocenters. The van der Waals surface area contributed by atoms with Crippen LogP contribution in [0.4, 0.5) is 0 Å². The number of methoxy groups -OCH3 is 3. The summed E-state index contributed by atoms with van der Waals surface area (Å²) in [4.78, 5) is 7.59. The maximum Gasteiger partial charge on any atom is 0.161 e. The van der Waals surface area contributed by atoms with E-state index in [4.69, 9.17) is 26.4 Å². The maximum absolute atomic E-state index is 5.30. The van der Waals surface area contributed by atoms with Crippen LogP contribution >= 0.6 is 28.1 Å². The summed E-state index contributed by atoms with van der Waals surface area (Å²) < 4.78 is 16.9. The van der Waals surface area contributed by atoms with Crippen molar-refractivity contribution in [3.8, 4) is 22.9 Å². The highest BCUT2D eigenvalue weighted by Crippen LogP contribution is 2.31. The Bertz CT molecular complexity index is 703. The van der Waals surface area contributed by atoms with Crippen molar-refractivity contribution in [2.24, 2.45) is 0 Å². The fourth-order valence-electron chi connectivity index (χ4n) is 1.87. The molecule has 7 heteroatoms. The second-order valence-corrected chi connectivity index (χ2v) is 5.37. The zero-order valence-corrected chi connectivity index (χ0v) is 14.3. The van der Waals surface area contributed by atoms with Crippen LogP contribution in [0.1, 0.15) is 5.69 Å². The van der Waals surface area contributed by atoms with Crippen molar-refractivity contribution < 1.29 is 14.2 Å². The first kappa shape index (κ1) is 15.9. The van der Waals surface area contributed by atoms with Crippen molar-refractivity contribution in [3.05, 3.63) is 33.0 Å². The first-order chi connectivity index (χ1) is 10.1. The van der Waals surface area contributed by atoms with E-state index in [0.717, 1.165) is 15.7 Å². The number of aromatic amines is 1. The average Bonchev–Trinajstić information content (AvgIpc) is 2.51. The van der Waals surface area contributed by atoms with Gasteiger partial charge in [0.2, 0.25) is 0 Å². The van der Waals surface area contributed by atoms with Gasteiger partial charge in [-0.3, -0.25) is 0 Å². The fraction of sp³-hybridized carbons (Fsp3) is 0.286. The Morgan fingerprint density at radius 1 is 1.19 bits per heavy atom. The SMILES string of the molecule is COCc1[nH]c(-c2ccc(OC)c(OC)c2)nc(=S)c1Br. The van der Waals surface area contributed by atoms with Gasteiger partial charge in [0.1, 0.15) is 10.5 Å². The molecule has 2 aromatic rings. The summed E-state index contributed by atoms with van der Waals surface area (Å²) in [5.41, 5.74) is 1.69. The largest absolute Gasteiger partial charge is 0.493 e. The molecule has 1 N–H and O–H groups in total. The van der Waals surface area contributed by atoms with Crippen molar-refractivity contribution in [2.75, 3.05) is 21.3 Å². The highest BCUT2D eigenvalue weighted by atomic mass is 79.9. The van der Waals surface area contributed by atoms with E-state index >= 15 is 0 Å². The standard InChI is InChI=1S/C14H15BrN2O3S/c1-18-7-9-12(15)14(21)17-13(16-9)8-4-5-10(19-2)11(6-8)20-3/h4-6H,7H2,1-3H3,(H,16,17,21). The monoisotopic (exact) mass is 370 g/mol. The summed E-state index contributed by atoms with van der Waals surface area (Å²) in [5, 5.41) is 0. The van der Waals surface area contributed by atoms with Crippen LogP contribution in [0, 0.1) is 4.64 Å². The predicted molar refractivity (Wildman–Crippen MR) is 86.4 cm³/mol. The summed E-state index contributed by atoms with van der Waals surface area (Å²) in [6.45, 7) is 0.410. The fourth-order valence-corrected chi connectivity index (χ4v) is 2.39. The molecule has 0 saturated carbocycles. The van der Waals surface area contributed by atoms with Gasteiger partial charge in [-0.1, -0.05) is 12.2 Å². The molecule has 1 aromatic carbocycles. The highest BCUT2D eigenvalue weighted by Gasteiger charge is 2.11. The smallest absolute Gasteiger partial charge is 0.161 e. The van der Waals surface area contributed by atoms with Gasteiger partial charge in [-0.25, -0.2) is 4.98 Å². The van der Waals surface area contributed by atoms with Gasteiger partial charge >= 0.3 is 0 Å². The summed E-state index contributed by atoms with van der Waals surface area (Å²) in [5.74, 6) is 1.94. The number of halogens is 1. The normalized spacial score (nSPS) is 10.5. The molecule has 1 heterocycles. The molecule has 1 aromatic heterocycles. The van der Waals surface area contributed by atoms with Gasteiger partial charge in [0, 0.05) is 12.7 Å². The number of rotatable bonds is 5. The average molecular weight is 371 g/mol. The number of ether oxygens (including phenoxy) is 3. The Morgan fingerprint density at radius 3 is 2.52 bits per heavy atom. The van der Waals surface area contributed by atoms with E-state index in [9.17, 15) is 0 Å². The van der Waals surface area contributed by atoms with E-state index in [1.807, 2.05) is 18.2 Å². The molecule has 0 fully saturated rings. The molecule has 0 aliphatic heterocycles. The minimum Gasteiger partial charge on any atom is -0.493 e. The van der Waals surface area contributed by atoms with Crippen LogP contribution in [-0.2, 0) is 11.3 Å². The van der Waals surface area contributed by atoms with Crippen LogP contribution in [0.5, 0.6) is 11.5 Å². The number of nitrogens with zero attached hydrogens (tertiary/aromatic N) is 1. The van der Waals surface area contributed by atoms with Crippen molar-refractivity contribution >= 4 is 28.1 Å². The van der Waals surface area contributed by atoms with Crippen LogP contribution in [0.15, 0.2) is 22.7 Å². The third-order valence-corrected chi connectivity index (χ3v) is 4.29. The van der Waals surface area contributed by atoms with Crippen LogP contribution in [0.2, 0.25) is 0 Å². The van der Waals surface area contributed by atoms with E-state index in [-0.39, 0.29) is 0 Å². The Kier molecular flexibility index (Phi) is 5.33. The van der Waals surface area contributed by atoms with Crippen molar-refractivity contribution in [3.63, 3.8) is 0 Å². The summed E-state index contributed by atoms with van der Waals surface area (Å²) in [6, 6.07) is 5.56. The van der Waals surface area contributed by atoms with Crippen LogP contribution in [0.25, 0.3) is 11.4 Å². The van der Waals surface area contributed by atoms with Gasteiger partial charge in [-0.15, -0.1) is 0 Å². The Morgan fingerprint density at radius 2 is 1.90 bits per heavy atom. The highest BCUT2D eigenvalue weighted by molar-refractivity contribution is 9.10. The molecular formula is C14H15BrN2O3S. The summed E-state index contributed by atoms with van der Waals surface area (Å²) in [7, 11) is 4.81. The van der Waals surface area contributed by atoms with E-state index in [1.165, 1.54) is 0 Å². The first-order valence-corrected chi connectivity index (χ1v) is 7.30. The molecule has 0 aliphatic rings. The van der Waals surface area contributed by atoms with E-state index in [2.05, 4.69) is 25.9 Å². The number of nitrogens with one attached hydrogen (secondary N) is 1. The van der Waals surface area contributed by atoms with E-state index in [1.54, 1.807) is 21.3 Å². The molecule has 0 saturated heterocycles. The number of H-pyrrole nitrogens is 1. The van der Waals surface area contributed by atoms with Gasteiger partial charge in [-0.2, -0.15) is 0 Å². The number of hydrogen-bond donors (Lipinski definition) is 1. The summed E-state index contributed by atoms with van der Waals surface area (Å²) in [6.07, 6.45) is 0. The molecule has 0 bridgehead atoms. The number of aromatic nitrogens is 2. The molecule has 2 rings (SSSR count). The van der Waals surface area contributed by atoms with Gasteiger partial charge in [0.25, 0.3) is 0 Å². The van der Waals surface area contributed by atoms with Crippen LogP contribution in [0.3, 0.4) is 0 Å². The quantitative estimate of drug-likeness (QED) is 0.812. The third kappa shape index (κ3) is 3.42.